The highest BCUT2D eigenvalue weighted by molar-refractivity contribution is 5.94. The van der Waals surface area contributed by atoms with Crippen molar-refractivity contribution in [2.45, 2.75) is 26.8 Å². The van der Waals surface area contributed by atoms with Crippen molar-refractivity contribution < 1.29 is 14.4 Å². The van der Waals surface area contributed by atoms with Crippen molar-refractivity contribution in [3.63, 3.8) is 0 Å². The Morgan fingerprint density at radius 2 is 2.20 bits per heavy atom. The van der Waals surface area contributed by atoms with Gasteiger partial charge in [0.05, 0.1) is 0 Å². The number of hydrogen-bond donors (Lipinski definition) is 2. The van der Waals surface area contributed by atoms with E-state index in [2.05, 4.69) is 20.4 Å². The molecular weight excluding hydrogens is 260 g/mol. The van der Waals surface area contributed by atoms with Crippen molar-refractivity contribution >= 4 is 5.91 Å². The van der Waals surface area contributed by atoms with E-state index in [1.165, 1.54) is 12.3 Å². The standard InChI is InChI=1S/C13H16N4O3/c1-7(2)10(13-15-8(3)17-20-13)16-12(19)11-9(18)5-4-6-14-11/h4-7,10,18H,1-3H3,(H,16,19). The normalized spacial score (nSPS) is 12.4. The van der Waals surface area contributed by atoms with Crippen molar-refractivity contribution in [2.24, 2.45) is 5.92 Å². The molecule has 7 heteroatoms. The van der Waals surface area contributed by atoms with Crippen LogP contribution in [0.1, 0.15) is 42.1 Å². The van der Waals surface area contributed by atoms with Gasteiger partial charge in [0.1, 0.15) is 11.8 Å². The third kappa shape index (κ3) is 2.93. The van der Waals surface area contributed by atoms with Gasteiger partial charge >= 0.3 is 0 Å². The average Bonchev–Trinajstić information content (AvgIpc) is 2.82. The molecule has 0 saturated heterocycles. The molecule has 1 atom stereocenters. The lowest BCUT2D eigenvalue weighted by Crippen LogP contribution is -2.32. The summed E-state index contributed by atoms with van der Waals surface area (Å²) in [5, 5.41) is 16.1. The molecule has 2 rings (SSSR count). The summed E-state index contributed by atoms with van der Waals surface area (Å²) in [6.07, 6.45) is 1.44. The van der Waals surface area contributed by atoms with Crippen molar-refractivity contribution in [3.8, 4) is 5.75 Å². The summed E-state index contributed by atoms with van der Waals surface area (Å²) in [7, 11) is 0. The average molecular weight is 276 g/mol. The number of aromatic nitrogens is 3. The van der Waals surface area contributed by atoms with Crippen LogP contribution in [0.25, 0.3) is 0 Å². The molecule has 0 spiro atoms. The Morgan fingerprint density at radius 3 is 2.75 bits per heavy atom. The van der Waals surface area contributed by atoms with Gasteiger partial charge in [-0.3, -0.25) is 4.79 Å². The SMILES string of the molecule is Cc1noc(C(NC(=O)c2ncccc2O)C(C)C)n1. The monoisotopic (exact) mass is 276 g/mol. The highest BCUT2D eigenvalue weighted by Crippen LogP contribution is 2.21. The van der Waals surface area contributed by atoms with Crippen LogP contribution in [0, 0.1) is 12.8 Å². The van der Waals surface area contributed by atoms with Crippen LogP contribution < -0.4 is 5.32 Å². The minimum Gasteiger partial charge on any atom is -0.505 e. The fourth-order valence-electron chi connectivity index (χ4n) is 1.73. The molecule has 2 aromatic heterocycles. The predicted molar refractivity (Wildman–Crippen MR) is 70.0 cm³/mol. The second-order valence-corrected chi connectivity index (χ2v) is 4.75. The first-order valence-electron chi connectivity index (χ1n) is 6.24. The van der Waals surface area contributed by atoms with E-state index in [0.717, 1.165) is 0 Å². The van der Waals surface area contributed by atoms with Gasteiger partial charge in [0, 0.05) is 6.20 Å². The summed E-state index contributed by atoms with van der Waals surface area (Å²) in [6.45, 7) is 5.54. The first-order chi connectivity index (χ1) is 9.49. The Hall–Kier alpha value is -2.44. The molecule has 0 fully saturated rings. The van der Waals surface area contributed by atoms with Crippen molar-refractivity contribution in [1.29, 1.82) is 0 Å². The maximum Gasteiger partial charge on any atom is 0.274 e. The van der Waals surface area contributed by atoms with Gasteiger partial charge in [0.15, 0.2) is 11.5 Å². The number of pyridine rings is 1. The molecule has 20 heavy (non-hydrogen) atoms. The Kier molecular flexibility index (Phi) is 3.97. The van der Waals surface area contributed by atoms with E-state index in [-0.39, 0.29) is 17.4 Å². The first kappa shape index (κ1) is 14.0. The van der Waals surface area contributed by atoms with Crippen LogP contribution in [0.2, 0.25) is 0 Å². The number of aromatic hydroxyl groups is 1. The van der Waals surface area contributed by atoms with Crippen LogP contribution in [-0.2, 0) is 0 Å². The van der Waals surface area contributed by atoms with Gasteiger partial charge in [-0.15, -0.1) is 0 Å². The zero-order valence-electron chi connectivity index (χ0n) is 11.5. The number of rotatable bonds is 4. The lowest BCUT2D eigenvalue weighted by atomic mass is 10.0. The summed E-state index contributed by atoms with van der Waals surface area (Å²) >= 11 is 0. The summed E-state index contributed by atoms with van der Waals surface area (Å²) in [5.41, 5.74) is -0.0330. The molecule has 7 nitrogen and oxygen atoms in total. The molecule has 1 amide bonds. The largest absolute Gasteiger partial charge is 0.505 e. The maximum atomic E-state index is 12.1. The number of hydrogen-bond acceptors (Lipinski definition) is 6. The first-order valence-corrected chi connectivity index (χ1v) is 6.24. The van der Waals surface area contributed by atoms with E-state index < -0.39 is 11.9 Å². The highest BCUT2D eigenvalue weighted by Gasteiger charge is 2.25. The van der Waals surface area contributed by atoms with E-state index in [9.17, 15) is 9.90 Å². The zero-order chi connectivity index (χ0) is 14.7. The van der Waals surface area contributed by atoms with Crippen LogP contribution in [-0.4, -0.2) is 26.1 Å². The summed E-state index contributed by atoms with van der Waals surface area (Å²) in [4.78, 5) is 20.1. The third-order valence-corrected chi connectivity index (χ3v) is 2.76. The number of amides is 1. The minimum atomic E-state index is -0.488. The quantitative estimate of drug-likeness (QED) is 0.879. The summed E-state index contributed by atoms with van der Waals surface area (Å²) < 4.78 is 5.10. The van der Waals surface area contributed by atoms with Crippen LogP contribution in [0.4, 0.5) is 0 Å². The van der Waals surface area contributed by atoms with Gasteiger partial charge in [-0.1, -0.05) is 19.0 Å². The molecule has 2 aromatic rings. The van der Waals surface area contributed by atoms with Gasteiger partial charge in [0.25, 0.3) is 5.91 Å². The topological polar surface area (TPSA) is 101 Å². The number of carbonyl (C=O) groups is 1. The summed E-state index contributed by atoms with van der Waals surface area (Å²) in [5.74, 6) is 0.221. The Morgan fingerprint density at radius 1 is 1.45 bits per heavy atom. The Balaban J connectivity index is 2.21. The van der Waals surface area contributed by atoms with Gasteiger partial charge in [-0.05, 0) is 25.0 Å². The van der Waals surface area contributed by atoms with Crippen molar-refractivity contribution in [1.82, 2.24) is 20.4 Å². The number of aryl methyl sites for hydroxylation is 1. The smallest absolute Gasteiger partial charge is 0.274 e. The molecule has 0 aliphatic carbocycles. The molecular formula is C13H16N4O3. The van der Waals surface area contributed by atoms with Crippen molar-refractivity contribution in [3.05, 3.63) is 35.7 Å². The molecule has 2 heterocycles. The molecule has 0 bridgehead atoms. The fourth-order valence-corrected chi connectivity index (χ4v) is 1.73. The van der Waals surface area contributed by atoms with E-state index in [0.29, 0.717) is 11.7 Å². The van der Waals surface area contributed by atoms with Gasteiger partial charge in [-0.25, -0.2) is 4.98 Å². The molecule has 0 aromatic carbocycles. The highest BCUT2D eigenvalue weighted by atomic mass is 16.5. The van der Waals surface area contributed by atoms with Crippen LogP contribution in [0.5, 0.6) is 5.75 Å². The second-order valence-electron chi connectivity index (χ2n) is 4.75. The predicted octanol–water partition coefficient (Wildman–Crippen LogP) is 1.61. The molecule has 2 N–H and O–H groups in total. The number of carbonyl (C=O) groups excluding carboxylic acids is 1. The van der Waals surface area contributed by atoms with Crippen LogP contribution in [0.3, 0.4) is 0 Å². The van der Waals surface area contributed by atoms with Gasteiger partial charge < -0.3 is 14.9 Å². The Labute approximate surface area is 116 Å². The maximum absolute atomic E-state index is 12.1. The van der Waals surface area contributed by atoms with Crippen molar-refractivity contribution in [2.75, 3.05) is 0 Å². The molecule has 0 radical (unpaired) electrons. The van der Waals surface area contributed by atoms with E-state index in [1.807, 2.05) is 13.8 Å². The lowest BCUT2D eigenvalue weighted by molar-refractivity contribution is 0.0906. The Bertz CT molecular complexity index is 609. The molecule has 1 unspecified atom stereocenters. The third-order valence-electron chi connectivity index (χ3n) is 2.76. The minimum absolute atomic E-state index is 0.0330. The zero-order valence-corrected chi connectivity index (χ0v) is 11.5. The molecule has 106 valence electrons. The van der Waals surface area contributed by atoms with Gasteiger partial charge in [0.2, 0.25) is 5.89 Å². The lowest BCUT2D eigenvalue weighted by Gasteiger charge is -2.18. The fraction of sp³-hybridized carbons (Fsp3) is 0.385. The number of nitrogens with one attached hydrogen (secondary N) is 1. The molecule has 0 saturated carbocycles. The van der Waals surface area contributed by atoms with Crippen LogP contribution >= 0.6 is 0 Å². The molecule has 0 aliphatic rings. The number of nitrogens with zero attached hydrogens (tertiary/aromatic N) is 3. The molecule has 0 aliphatic heterocycles. The van der Waals surface area contributed by atoms with Gasteiger partial charge in [-0.2, -0.15) is 4.98 Å². The van der Waals surface area contributed by atoms with Crippen LogP contribution in [0.15, 0.2) is 22.9 Å². The van der Waals surface area contributed by atoms with E-state index in [1.54, 1.807) is 13.0 Å². The van der Waals surface area contributed by atoms with E-state index in [4.69, 9.17) is 4.52 Å². The summed E-state index contributed by atoms with van der Waals surface area (Å²) in [6, 6.07) is 2.52. The second kappa shape index (κ2) is 5.68. The van der Waals surface area contributed by atoms with E-state index >= 15 is 0 Å².